The van der Waals surface area contributed by atoms with Crippen LogP contribution in [0.25, 0.3) is 11.2 Å². The number of hydrogen-bond acceptors (Lipinski definition) is 10. The fourth-order valence-corrected chi connectivity index (χ4v) is 4.95. The Morgan fingerprint density at radius 1 is 1.31 bits per heavy atom. The second-order valence-electron chi connectivity index (χ2n) is 8.79. The van der Waals surface area contributed by atoms with Crippen molar-refractivity contribution in [2.24, 2.45) is 0 Å². The Kier molecular flexibility index (Phi) is 5.51. The minimum atomic E-state index is -3.37. The average molecular weight is 525 g/mol. The van der Waals surface area contributed by atoms with Gasteiger partial charge in [-0.25, -0.2) is 19.0 Å². The summed E-state index contributed by atoms with van der Waals surface area (Å²) in [7, 11) is 0. The number of thioether (sulfide) groups is 1. The van der Waals surface area contributed by atoms with Crippen LogP contribution in [-0.2, 0) is 4.74 Å². The first kappa shape index (κ1) is 18.8. The summed E-state index contributed by atoms with van der Waals surface area (Å²) in [6.45, 7) is -2.97. The molecule has 0 aliphatic heterocycles. The lowest BCUT2D eigenvalue weighted by Gasteiger charge is -2.17. The first-order chi connectivity index (χ1) is 19.5. The van der Waals surface area contributed by atoms with Gasteiger partial charge in [0.05, 0.1) is 32.1 Å². The Morgan fingerprint density at radius 3 is 2.89 bits per heavy atom. The van der Waals surface area contributed by atoms with E-state index in [1.165, 1.54) is 22.5 Å². The molecule has 6 atom stereocenters. The van der Waals surface area contributed by atoms with Gasteiger partial charge >= 0.3 is 0 Å². The van der Waals surface area contributed by atoms with Crippen LogP contribution in [0.4, 0.5) is 10.2 Å². The number of nitrogens with one attached hydrogen (secondary N) is 1. The second-order valence-corrected chi connectivity index (χ2v) is 9.85. The summed E-state index contributed by atoms with van der Waals surface area (Å²) in [5.74, 6) is -1.19. The Labute approximate surface area is 220 Å². The van der Waals surface area contributed by atoms with Crippen molar-refractivity contribution in [3.8, 4) is 0 Å². The summed E-state index contributed by atoms with van der Waals surface area (Å²) in [5, 5.41) is 42.4. The lowest BCUT2D eigenvalue weighted by molar-refractivity contribution is -0.0629. The smallest absolute Gasteiger partial charge is 0.191 e. The average Bonchev–Trinajstić information content (AvgIpc) is 3.14. The number of rotatable bonds is 10. The van der Waals surface area contributed by atoms with Gasteiger partial charge < -0.3 is 25.4 Å². The SMILES string of the molecule is [2H]C([2H])(O)C([2H])([2H])O[C@H]1C[C@@H](n2nnc3c(N[C@]4([2H])C[C@@]4([2H])c4ccc(C)c(F)c4)nc(SCCC)nc32)[C@H](O)[C@@H]1O. The number of aryl methyl sites for hydroxylation is 1. The molecule has 2 heterocycles. The molecule has 12 heteroatoms. The van der Waals surface area contributed by atoms with Crippen molar-refractivity contribution in [1.82, 2.24) is 25.0 Å². The molecule has 2 aliphatic carbocycles. The zero-order valence-corrected chi connectivity index (χ0v) is 20.5. The molecule has 0 spiro atoms. The van der Waals surface area contributed by atoms with Gasteiger partial charge in [-0.3, -0.25) is 0 Å². The first-order valence-corrected chi connectivity index (χ1v) is 12.6. The molecular formula is C24H31FN6O4S. The van der Waals surface area contributed by atoms with Crippen molar-refractivity contribution in [2.45, 2.75) is 74.5 Å². The van der Waals surface area contributed by atoms with E-state index in [9.17, 15) is 19.7 Å². The van der Waals surface area contributed by atoms with E-state index in [0.29, 0.717) is 22.0 Å². The Bertz CT molecular complexity index is 1500. The van der Waals surface area contributed by atoms with Gasteiger partial charge in [0.1, 0.15) is 18.0 Å². The van der Waals surface area contributed by atoms with Crippen LogP contribution in [0.15, 0.2) is 23.4 Å². The molecule has 0 unspecified atom stereocenters. The standard InChI is InChI=1S/C24H31FN6O4S/c1-3-8-36-24-27-22(26-16-10-14(16)13-5-4-12(2)15(25)9-13)19-23(28-24)31(30-29-19)17-11-18(35-7-6-32)21(34)20(17)33/h4-5,9,14,16-18,20-21,32-34H,3,6-8,10-11H2,1-2H3,(H,26,27,28)/t14-,16+,17+,18-,20-,21+/m0/s1/i6D2,7D2,14D,16D. The number of aliphatic hydroxyl groups excluding tert-OH is 2. The monoisotopic (exact) mass is 524 g/mol. The number of halogens is 1. The molecular weight excluding hydrogens is 487 g/mol. The maximum absolute atomic E-state index is 14.3. The third-order valence-electron chi connectivity index (χ3n) is 6.29. The summed E-state index contributed by atoms with van der Waals surface area (Å²) < 4.78 is 68.4. The fraction of sp³-hybridized carbons (Fsp3) is 0.583. The van der Waals surface area contributed by atoms with E-state index in [1.54, 1.807) is 19.1 Å². The molecule has 194 valence electrons. The summed E-state index contributed by atoms with van der Waals surface area (Å²) in [5.41, 5.74) is 1.00. The third-order valence-corrected chi connectivity index (χ3v) is 7.34. The Morgan fingerprint density at radius 2 is 2.14 bits per heavy atom. The molecule has 5 rings (SSSR count). The van der Waals surface area contributed by atoms with E-state index >= 15 is 0 Å². The van der Waals surface area contributed by atoms with E-state index in [1.807, 2.05) is 6.92 Å². The molecule has 2 aromatic heterocycles. The van der Waals surface area contributed by atoms with E-state index < -0.39 is 55.2 Å². The minimum absolute atomic E-state index is 0.0342. The van der Waals surface area contributed by atoms with E-state index in [0.717, 1.165) is 6.42 Å². The van der Waals surface area contributed by atoms with Crippen LogP contribution in [0.5, 0.6) is 0 Å². The van der Waals surface area contributed by atoms with Crippen molar-refractivity contribution in [3.05, 3.63) is 35.1 Å². The summed E-state index contributed by atoms with van der Waals surface area (Å²) in [6.07, 6.45) is -3.99. The highest BCUT2D eigenvalue weighted by molar-refractivity contribution is 7.99. The third kappa shape index (κ3) is 4.92. The summed E-state index contributed by atoms with van der Waals surface area (Å²) >= 11 is 1.32. The molecule has 1 aromatic carbocycles. The number of anilines is 1. The van der Waals surface area contributed by atoms with Gasteiger partial charge in [0.15, 0.2) is 22.1 Å². The maximum atomic E-state index is 14.3. The van der Waals surface area contributed by atoms with Gasteiger partial charge in [0.25, 0.3) is 0 Å². The van der Waals surface area contributed by atoms with Gasteiger partial charge in [-0.05, 0) is 37.0 Å². The van der Waals surface area contributed by atoms with Crippen molar-refractivity contribution in [1.29, 1.82) is 0 Å². The summed E-state index contributed by atoms with van der Waals surface area (Å²) in [4.78, 5) is 9.04. The van der Waals surface area contributed by atoms with Gasteiger partial charge in [-0.2, -0.15) is 0 Å². The molecule has 4 N–H and O–H groups in total. The van der Waals surface area contributed by atoms with Gasteiger partial charge in [-0.1, -0.05) is 36.0 Å². The largest absolute Gasteiger partial charge is 0.394 e. The van der Waals surface area contributed by atoms with Crippen molar-refractivity contribution in [3.63, 3.8) is 0 Å². The quantitative estimate of drug-likeness (QED) is 0.231. The van der Waals surface area contributed by atoms with E-state index in [-0.39, 0.29) is 29.8 Å². The number of ether oxygens (including phenoxy) is 1. The number of aromatic nitrogens is 5. The number of benzene rings is 1. The van der Waals surface area contributed by atoms with Crippen LogP contribution in [0.2, 0.25) is 0 Å². The van der Waals surface area contributed by atoms with Crippen LogP contribution in [0.1, 0.15) is 57.5 Å². The van der Waals surface area contributed by atoms with Crippen LogP contribution in [0.3, 0.4) is 0 Å². The number of hydrogen-bond donors (Lipinski definition) is 4. The van der Waals surface area contributed by atoms with Crippen LogP contribution in [0, 0.1) is 12.7 Å². The van der Waals surface area contributed by atoms with Crippen LogP contribution >= 0.6 is 11.8 Å². The predicted octanol–water partition coefficient (Wildman–Crippen LogP) is 2.18. The lowest BCUT2D eigenvalue weighted by Crippen LogP contribution is -2.33. The predicted molar refractivity (Wildman–Crippen MR) is 133 cm³/mol. The second kappa shape index (κ2) is 10.5. The fourth-order valence-electron chi connectivity index (χ4n) is 4.26. The van der Waals surface area contributed by atoms with Crippen molar-refractivity contribution in [2.75, 3.05) is 24.2 Å². The van der Waals surface area contributed by atoms with Gasteiger partial charge in [-0.15, -0.1) is 5.10 Å². The first-order valence-electron chi connectivity index (χ1n) is 14.6. The number of fused-ring (bicyclic) bond motifs is 1. The zero-order chi connectivity index (χ0) is 30.8. The number of aliphatic hydroxyl groups is 3. The summed E-state index contributed by atoms with van der Waals surface area (Å²) in [6, 6.07) is 1.83. The lowest BCUT2D eigenvalue weighted by atomic mass is 10.1. The molecule has 0 saturated heterocycles. The van der Waals surface area contributed by atoms with E-state index in [2.05, 4.69) is 25.6 Å². The number of nitrogens with zero attached hydrogens (tertiary/aromatic N) is 5. The molecule has 0 bridgehead atoms. The maximum Gasteiger partial charge on any atom is 0.191 e. The zero-order valence-electron chi connectivity index (χ0n) is 25.6. The highest BCUT2D eigenvalue weighted by atomic mass is 32.2. The molecule has 2 aliphatic rings. The minimum Gasteiger partial charge on any atom is -0.394 e. The van der Waals surface area contributed by atoms with E-state index in [4.69, 9.17) is 13.0 Å². The molecule has 0 radical (unpaired) electrons. The van der Waals surface area contributed by atoms with Gasteiger partial charge in [0.2, 0.25) is 0 Å². The highest BCUT2D eigenvalue weighted by Gasteiger charge is 2.45. The van der Waals surface area contributed by atoms with Gasteiger partial charge in [0, 0.05) is 25.5 Å². The topological polar surface area (TPSA) is 138 Å². The molecule has 0 amide bonds. The Hall–Kier alpha value is -2.38. The van der Waals surface area contributed by atoms with Crippen molar-refractivity contribution < 1.29 is 32.7 Å². The van der Waals surface area contributed by atoms with Crippen LogP contribution < -0.4 is 5.32 Å². The van der Waals surface area contributed by atoms with Crippen molar-refractivity contribution >= 4 is 28.7 Å². The van der Waals surface area contributed by atoms with Crippen LogP contribution in [-0.4, -0.2) is 83.5 Å². The molecule has 2 fully saturated rings. The molecule has 10 nitrogen and oxygen atoms in total. The normalized spacial score (nSPS) is 34.9. The highest BCUT2D eigenvalue weighted by Crippen LogP contribution is 2.44. The molecule has 3 aromatic rings. The molecule has 2 saturated carbocycles. The Balaban J connectivity index is 1.48. The molecule has 36 heavy (non-hydrogen) atoms.